The van der Waals surface area contributed by atoms with Gasteiger partial charge in [-0.05, 0) is 20.8 Å². The molecular weight excluding hydrogens is 282 g/mol. The van der Waals surface area contributed by atoms with Gasteiger partial charge in [-0.1, -0.05) is 0 Å². The maximum absolute atomic E-state index is 13.1. The minimum Gasteiger partial charge on any atom is -0.444 e. The Morgan fingerprint density at radius 1 is 1.10 bits per heavy atom. The van der Waals surface area contributed by atoms with Crippen LogP contribution in [0, 0.1) is 5.92 Å². The fraction of sp³-hybridized carbons (Fsp3) is 0.857. The molecule has 0 aliphatic carbocycles. The number of hydrogen-bond donors (Lipinski definition) is 0. The van der Waals surface area contributed by atoms with Crippen molar-refractivity contribution in [3.63, 3.8) is 0 Å². The van der Waals surface area contributed by atoms with E-state index in [9.17, 15) is 18.4 Å². The molecular formula is C14H22F2N2O3. The van der Waals surface area contributed by atoms with E-state index in [0.717, 1.165) is 0 Å². The Morgan fingerprint density at radius 3 is 2.10 bits per heavy atom. The highest BCUT2D eigenvalue weighted by molar-refractivity contribution is 5.82. The standard InChI is InChI=1S/C14H22F2N2O3/c1-13(2,3)21-12(20)18-8-10(9-18)11(19)17-6-4-14(15,16)5-7-17/h10H,4-9H2,1-3H3. The van der Waals surface area contributed by atoms with Crippen LogP contribution in [0.15, 0.2) is 0 Å². The fourth-order valence-electron chi connectivity index (χ4n) is 2.42. The summed E-state index contributed by atoms with van der Waals surface area (Å²) in [5.74, 6) is -3.08. The number of halogens is 2. The van der Waals surface area contributed by atoms with Crippen LogP contribution in [0.25, 0.3) is 0 Å². The molecule has 0 N–H and O–H groups in total. The van der Waals surface area contributed by atoms with Gasteiger partial charge < -0.3 is 14.5 Å². The van der Waals surface area contributed by atoms with Crippen molar-refractivity contribution in [3.05, 3.63) is 0 Å². The second kappa shape index (κ2) is 5.42. The summed E-state index contributed by atoms with van der Waals surface area (Å²) in [5.41, 5.74) is -0.565. The molecule has 0 radical (unpaired) electrons. The monoisotopic (exact) mass is 304 g/mol. The molecule has 0 saturated carbocycles. The zero-order chi connectivity index (χ0) is 15.8. The third-order valence-electron chi connectivity index (χ3n) is 3.69. The van der Waals surface area contributed by atoms with Gasteiger partial charge in [0.1, 0.15) is 5.60 Å². The van der Waals surface area contributed by atoms with Crippen molar-refractivity contribution in [3.8, 4) is 0 Å². The van der Waals surface area contributed by atoms with Crippen molar-refractivity contribution in [2.45, 2.75) is 45.1 Å². The molecule has 2 rings (SSSR count). The molecule has 2 heterocycles. The second-order valence-electron chi connectivity index (χ2n) is 6.76. The predicted molar refractivity (Wildman–Crippen MR) is 72.1 cm³/mol. The summed E-state index contributed by atoms with van der Waals surface area (Å²) >= 11 is 0. The van der Waals surface area contributed by atoms with Crippen LogP contribution in [-0.2, 0) is 9.53 Å². The van der Waals surface area contributed by atoms with Crippen LogP contribution in [-0.4, -0.2) is 59.5 Å². The average molecular weight is 304 g/mol. The van der Waals surface area contributed by atoms with E-state index >= 15 is 0 Å². The number of amides is 2. The van der Waals surface area contributed by atoms with Gasteiger partial charge in [0.2, 0.25) is 5.91 Å². The van der Waals surface area contributed by atoms with Crippen LogP contribution in [0.5, 0.6) is 0 Å². The topological polar surface area (TPSA) is 49.9 Å². The number of carbonyl (C=O) groups is 2. The molecule has 2 amide bonds. The van der Waals surface area contributed by atoms with Crippen molar-refractivity contribution < 1.29 is 23.1 Å². The molecule has 2 saturated heterocycles. The molecule has 120 valence electrons. The molecule has 2 aliphatic rings. The van der Waals surface area contributed by atoms with Gasteiger partial charge >= 0.3 is 6.09 Å². The Hall–Kier alpha value is -1.40. The highest BCUT2D eigenvalue weighted by atomic mass is 19.3. The van der Waals surface area contributed by atoms with Gasteiger partial charge in [-0.3, -0.25) is 4.79 Å². The lowest BCUT2D eigenvalue weighted by Gasteiger charge is -2.42. The zero-order valence-corrected chi connectivity index (χ0v) is 12.7. The summed E-state index contributed by atoms with van der Waals surface area (Å²) in [7, 11) is 0. The Labute approximate surface area is 123 Å². The van der Waals surface area contributed by atoms with E-state index < -0.39 is 17.6 Å². The minimum absolute atomic E-state index is 0.0920. The number of likely N-dealkylation sites (tertiary alicyclic amines) is 2. The quantitative estimate of drug-likeness (QED) is 0.745. The number of carbonyl (C=O) groups excluding carboxylic acids is 2. The van der Waals surface area contributed by atoms with E-state index in [1.54, 1.807) is 20.8 Å². The van der Waals surface area contributed by atoms with Crippen LogP contribution >= 0.6 is 0 Å². The first-order valence-corrected chi connectivity index (χ1v) is 7.22. The summed E-state index contributed by atoms with van der Waals surface area (Å²) in [6.45, 7) is 6.13. The third kappa shape index (κ3) is 4.04. The number of nitrogens with zero attached hydrogens (tertiary/aromatic N) is 2. The van der Waals surface area contributed by atoms with Crippen LogP contribution in [0.3, 0.4) is 0 Å². The highest BCUT2D eigenvalue weighted by Crippen LogP contribution is 2.29. The maximum Gasteiger partial charge on any atom is 0.410 e. The second-order valence-corrected chi connectivity index (χ2v) is 6.76. The van der Waals surface area contributed by atoms with Crippen LogP contribution in [0.1, 0.15) is 33.6 Å². The van der Waals surface area contributed by atoms with E-state index in [-0.39, 0.29) is 37.8 Å². The van der Waals surface area contributed by atoms with Crippen molar-refractivity contribution in [1.29, 1.82) is 0 Å². The first kappa shape index (κ1) is 16.0. The summed E-state index contributed by atoms with van der Waals surface area (Å²) in [5, 5.41) is 0. The Morgan fingerprint density at radius 2 is 1.62 bits per heavy atom. The fourth-order valence-corrected chi connectivity index (χ4v) is 2.42. The highest BCUT2D eigenvalue weighted by Gasteiger charge is 2.42. The summed E-state index contributed by atoms with van der Waals surface area (Å²) in [6, 6.07) is 0. The lowest BCUT2D eigenvalue weighted by atomic mass is 9.97. The van der Waals surface area contributed by atoms with E-state index in [0.29, 0.717) is 13.1 Å². The smallest absolute Gasteiger partial charge is 0.410 e. The molecule has 0 bridgehead atoms. The number of alkyl halides is 2. The van der Waals surface area contributed by atoms with E-state index in [4.69, 9.17) is 4.74 Å². The van der Waals surface area contributed by atoms with Gasteiger partial charge in [0.05, 0.1) is 5.92 Å². The summed E-state index contributed by atoms with van der Waals surface area (Å²) < 4.78 is 31.3. The average Bonchev–Trinajstić information content (AvgIpc) is 2.23. The van der Waals surface area contributed by atoms with Crippen LogP contribution in [0.2, 0.25) is 0 Å². The Balaban J connectivity index is 1.77. The molecule has 2 fully saturated rings. The zero-order valence-electron chi connectivity index (χ0n) is 12.7. The van der Waals surface area contributed by atoms with Gasteiger partial charge in [-0.15, -0.1) is 0 Å². The minimum atomic E-state index is -2.65. The van der Waals surface area contributed by atoms with Crippen molar-refractivity contribution in [2.24, 2.45) is 5.92 Å². The Bertz CT molecular complexity index is 418. The van der Waals surface area contributed by atoms with Crippen molar-refractivity contribution in [1.82, 2.24) is 9.80 Å². The van der Waals surface area contributed by atoms with Gasteiger partial charge in [0.25, 0.3) is 5.92 Å². The number of hydrogen-bond acceptors (Lipinski definition) is 3. The van der Waals surface area contributed by atoms with E-state index in [1.165, 1.54) is 9.80 Å². The molecule has 0 aromatic carbocycles. The molecule has 0 aromatic rings. The lowest BCUT2D eigenvalue weighted by molar-refractivity contribution is -0.146. The SMILES string of the molecule is CC(C)(C)OC(=O)N1CC(C(=O)N2CCC(F)(F)CC2)C1. The van der Waals surface area contributed by atoms with Gasteiger partial charge in [-0.2, -0.15) is 0 Å². The van der Waals surface area contributed by atoms with E-state index in [1.807, 2.05) is 0 Å². The maximum atomic E-state index is 13.1. The molecule has 21 heavy (non-hydrogen) atoms. The number of ether oxygens (including phenoxy) is 1. The predicted octanol–water partition coefficient (Wildman–Crippen LogP) is 2.11. The van der Waals surface area contributed by atoms with Crippen LogP contribution < -0.4 is 0 Å². The molecule has 0 unspecified atom stereocenters. The van der Waals surface area contributed by atoms with Gasteiger partial charge in [-0.25, -0.2) is 13.6 Å². The molecule has 7 heteroatoms. The van der Waals surface area contributed by atoms with Gasteiger partial charge in [0, 0.05) is 39.0 Å². The molecule has 0 aromatic heterocycles. The van der Waals surface area contributed by atoms with Crippen LogP contribution in [0.4, 0.5) is 13.6 Å². The molecule has 2 aliphatic heterocycles. The summed E-state index contributed by atoms with van der Waals surface area (Å²) in [4.78, 5) is 26.8. The lowest BCUT2D eigenvalue weighted by Crippen LogP contribution is -2.58. The Kier molecular flexibility index (Phi) is 4.13. The normalized spacial score (nSPS) is 22.7. The first-order chi connectivity index (χ1) is 9.57. The first-order valence-electron chi connectivity index (χ1n) is 7.22. The van der Waals surface area contributed by atoms with Crippen molar-refractivity contribution >= 4 is 12.0 Å². The molecule has 0 atom stereocenters. The van der Waals surface area contributed by atoms with E-state index in [2.05, 4.69) is 0 Å². The van der Waals surface area contributed by atoms with Crippen molar-refractivity contribution in [2.75, 3.05) is 26.2 Å². The molecule has 0 spiro atoms. The molecule has 5 nitrogen and oxygen atoms in total. The number of piperidine rings is 1. The third-order valence-corrected chi connectivity index (χ3v) is 3.69. The largest absolute Gasteiger partial charge is 0.444 e. The summed E-state index contributed by atoms with van der Waals surface area (Å²) in [6.07, 6.45) is -0.987. The number of rotatable bonds is 1. The van der Waals surface area contributed by atoms with Gasteiger partial charge in [0.15, 0.2) is 0 Å².